The van der Waals surface area contributed by atoms with E-state index >= 15 is 0 Å². The van der Waals surface area contributed by atoms with Gasteiger partial charge in [0, 0.05) is 6.20 Å². The first-order valence-corrected chi connectivity index (χ1v) is 6.33. The van der Waals surface area contributed by atoms with Gasteiger partial charge in [-0.15, -0.1) is 0 Å². The van der Waals surface area contributed by atoms with Crippen LogP contribution in [0.25, 0.3) is 0 Å². The molecule has 0 fully saturated rings. The Morgan fingerprint density at radius 3 is 2.19 bits per heavy atom. The van der Waals surface area contributed by atoms with Crippen molar-refractivity contribution in [3.63, 3.8) is 0 Å². The highest BCUT2D eigenvalue weighted by molar-refractivity contribution is 5.42. The summed E-state index contributed by atoms with van der Waals surface area (Å²) in [7, 11) is 0. The number of nitrogens with one attached hydrogen (secondary N) is 1. The maximum Gasteiger partial charge on any atom is 0.417 e. The molecule has 1 heterocycles. The van der Waals surface area contributed by atoms with Crippen molar-refractivity contribution in [1.82, 2.24) is 4.98 Å². The van der Waals surface area contributed by atoms with Gasteiger partial charge in [-0.1, -0.05) is 30.3 Å². The van der Waals surface area contributed by atoms with E-state index in [4.69, 9.17) is 0 Å². The molecule has 0 bridgehead atoms. The van der Waals surface area contributed by atoms with Gasteiger partial charge in [0.05, 0.1) is 17.7 Å². The average Bonchev–Trinajstić information content (AvgIpc) is 2.47. The molecule has 21 heavy (non-hydrogen) atoms. The lowest BCUT2D eigenvalue weighted by molar-refractivity contribution is -0.137. The zero-order valence-electron chi connectivity index (χ0n) is 11.4. The largest absolute Gasteiger partial charge is 0.417 e. The predicted octanol–water partition coefficient (Wildman–Crippen LogP) is 3.42. The monoisotopic (exact) mass is 296 g/mol. The number of alkyl halides is 3. The Kier molecular flexibility index (Phi) is 4.18. The smallest absolute Gasteiger partial charge is 0.394 e. The number of aliphatic hydroxyl groups excluding tert-OH is 1. The molecule has 0 aliphatic rings. The fourth-order valence-corrected chi connectivity index (χ4v) is 1.93. The number of aliphatic hydroxyl groups is 1. The van der Waals surface area contributed by atoms with Gasteiger partial charge in [-0.3, -0.25) is 0 Å². The normalized spacial score (nSPS) is 14.5. The molecular formula is C15H15F3N2O. The maximum atomic E-state index is 12.5. The molecule has 1 aromatic carbocycles. The fraction of sp³-hybridized carbons (Fsp3) is 0.267. The van der Waals surface area contributed by atoms with Crippen LogP contribution in [0.1, 0.15) is 18.1 Å². The summed E-state index contributed by atoms with van der Waals surface area (Å²) < 4.78 is 37.5. The van der Waals surface area contributed by atoms with Crippen LogP contribution < -0.4 is 5.32 Å². The third-order valence-electron chi connectivity index (χ3n) is 3.22. The van der Waals surface area contributed by atoms with Gasteiger partial charge in [0.25, 0.3) is 0 Å². The van der Waals surface area contributed by atoms with Crippen LogP contribution in [0, 0.1) is 0 Å². The second-order valence-corrected chi connectivity index (χ2v) is 4.91. The van der Waals surface area contributed by atoms with E-state index in [1.165, 1.54) is 6.07 Å². The third-order valence-corrected chi connectivity index (χ3v) is 3.22. The van der Waals surface area contributed by atoms with Crippen LogP contribution in [0.5, 0.6) is 0 Å². The second-order valence-electron chi connectivity index (χ2n) is 4.91. The Morgan fingerprint density at radius 2 is 1.71 bits per heavy atom. The van der Waals surface area contributed by atoms with Crippen LogP contribution in [-0.2, 0) is 11.7 Å². The lowest BCUT2D eigenvalue weighted by Crippen LogP contribution is -2.36. The maximum absolute atomic E-state index is 12.5. The highest BCUT2D eigenvalue weighted by Gasteiger charge is 2.31. The molecule has 1 atom stereocenters. The van der Waals surface area contributed by atoms with E-state index in [1.54, 1.807) is 6.92 Å². The topological polar surface area (TPSA) is 45.1 Å². The molecule has 0 amide bonds. The first kappa shape index (κ1) is 15.3. The van der Waals surface area contributed by atoms with E-state index in [2.05, 4.69) is 10.3 Å². The molecule has 0 saturated heterocycles. The number of hydrogen-bond donors (Lipinski definition) is 2. The van der Waals surface area contributed by atoms with Gasteiger partial charge in [-0.2, -0.15) is 13.2 Å². The molecule has 0 aliphatic carbocycles. The number of pyridine rings is 1. The number of nitrogens with zero attached hydrogens (tertiary/aromatic N) is 1. The van der Waals surface area contributed by atoms with Crippen molar-refractivity contribution >= 4 is 5.82 Å². The SMILES string of the molecule is CC(CO)(Nc1ccc(C(F)(F)F)cn1)c1ccccc1. The van der Waals surface area contributed by atoms with Crippen molar-refractivity contribution in [1.29, 1.82) is 0 Å². The van der Waals surface area contributed by atoms with Crippen LogP contribution in [0.2, 0.25) is 0 Å². The van der Waals surface area contributed by atoms with Crippen molar-refractivity contribution in [3.8, 4) is 0 Å². The Hall–Kier alpha value is -2.08. The van der Waals surface area contributed by atoms with E-state index < -0.39 is 17.3 Å². The minimum Gasteiger partial charge on any atom is -0.394 e. The standard InChI is InChI=1S/C15H15F3N2O/c1-14(10-21,11-5-3-2-4-6-11)20-13-8-7-12(9-19-13)15(16,17)18/h2-9,21H,10H2,1H3,(H,19,20). The molecule has 1 aromatic heterocycles. The summed E-state index contributed by atoms with van der Waals surface area (Å²) in [5.74, 6) is 0.267. The Balaban J connectivity index is 2.23. The van der Waals surface area contributed by atoms with E-state index in [0.717, 1.165) is 17.8 Å². The molecule has 0 aliphatic heterocycles. The number of rotatable bonds is 4. The lowest BCUT2D eigenvalue weighted by atomic mass is 9.93. The molecule has 0 radical (unpaired) electrons. The molecular weight excluding hydrogens is 281 g/mol. The van der Waals surface area contributed by atoms with E-state index in [9.17, 15) is 18.3 Å². The Bertz CT molecular complexity index is 584. The first-order valence-electron chi connectivity index (χ1n) is 6.33. The number of hydrogen-bond acceptors (Lipinski definition) is 3. The number of anilines is 1. The molecule has 6 heteroatoms. The van der Waals surface area contributed by atoms with Crippen molar-refractivity contribution in [2.45, 2.75) is 18.6 Å². The average molecular weight is 296 g/mol. The summed E-state index contributed by atoms with van der Waals surface area (Å²) in [6.45, 7) is 1.53. The number of aromatic nitrogens is 1. The van der Waals surface area contributed by atoms with Gasteiger partial charge in [-0.05, 0) is 24.6 Å². The molecule has 1 unspecified atom stereocenters. The zero-order chi connectivity index (χ0) is 15.5. The highest BCUT2D eigenvalue weighted by Crippen LogP contribution is 2.30. The zero-order valence-corrected chi connectivity index (χ0v) is 11.4. The van der Waals surface area contributed by atoms with Gasteiger partial charge in [0.1, 0.15) is 5.82 Å². The summed E-state index contributed by atoms with van der Waals surface area (Å²) in [4.78, 5) is 3.76. The fourth-order valence-electron chi connectivity index (χ4n) is 1.93. The number of halogens is 3. The quantitative estimate of drug-likeness (QED) is 0.908. The van der Waals surface area contributed by atoms with Gasteiger partial charge < -0.3 is 10.4 Å². The molecule has 2 aromatic rings. The predicted molar refractivity (Wildman–Crippen MR) is 73.7 cm³/mol. The van der Waals surface area contributed by atoms with Crippen molar-refractivity contribution in [2.24, 2.45) is 0 Å². The summed E-state index contributed by atoms with van der Waals surface area (Å²) >= 11 is 0. The summed E-state index contributed by atoms with van der Waals surface area (Å²) in [6.07, 6.45) is -3.64. The van der Waals surface area contributed by atoms with Crippen molar-refractivity contribution in [3.05, 3.63) is 59.8 Å². The Morgan fingerprint density at radius 1 is 1.05 bits per heavy atom. The molecule has 0 spiro atoms. The van der Waals surface area contributed by atoms with E-state index in [-0.39, 0.29) is 12.4 Å². The summed E-state index contributed by atoms with van der Waals surface area (Å²) in [5.41, 5.74) is -0.818. The Labute approximate surface area is 120 Å². The third kappa shape index (κ3) is 3.52. The van der Waals surface area contributed by atoms with Gasteiger partial charge >= 0.3 is 6.18 Å². The van der Waals surface area contributed by atoms with Crippen LogP contribution in [0.15, 0.2) is 48.7 Å². The molecule has 0 saturated carbocycles. The van der Waals surface area contributed by atoms with Crippen LogP contribution in [0.4, 0.5) is 19.0 Å². The molecule has 3 nitrogen and oxygen atoms in total. The first-order chi connectivity index (χ1) is 9.85. The van der Waals surface area contributed by atoms with Gasteiger partial charge in [0.2, 0.25) is 0 Å². The molecule has 2 N–H and O–H groups in total. The molecule has 112 valence electrons. The minimum absolute atomic E-state index is 0.223. The second kappa shape index (κ2) is 5.73. The summed E-state index contributed by atoms with van der Waals surface area (Å²) in [5, 5.41) is 12.6. The van der Waals surface area contributed by atoms with Crippen LogP contribution in [0.3, 0.4) is 0 Å². The van der Waals surface area contributed by atoms with Gasteiger partial charge in [0.15, 0.2) is 0 Å². The van der Waals surface area contributed by atoms with E-state index in [1.807, 2.05) is 30.3 Å². The van der Waals surface area contributed by atoms with Gasteiger partial charge in [-0.25, -0.2) is 4.98 Å². The van der Waals surface area contributed by atoms with E-state index in [0.29, 0.717) is 0 Å². The highest BCUT2D eigenvalue weighted by atomic mass is 19.4. The van der Waals surface area contributed by atoms with Crippen LogP contribution >= 0.6 is 0 Å². The summed E-state index contributed by atoms with van der Waals surface area (Å²) in [6, 6.07) is 11.4. The minimum atomic E-state index is -4.41. The molecule has 2 rings (SSSR count). The van der Waals surface area contributed by atoms with Crippen molar-refractivity contribution in [2.75, 3.05) is 11.9 Å². The van der Waals surface area contributed by atoms with Crippen LogP contribution in [-0.4, -0.2) is 16.7 Å². The number of benzene rings is 1. The van der Waals surface area contributed by atoms with Crippen molar-refractivity contribution < 1.29 is 18.3 Å². The lowest BCUT2D eigenvalue weighted by Gasteiger charge is -2.30.